The van der Waals surface area contributed by atoms with E-state index < -0.39 is 5.97 Å². The SMILES string of the molecule is O=C(O)c1cccc(C(=O)Nc2ccc(Br)cc2)c1. The second-order valence-corrected chi connectivity index (χ2v) is 4.76. The molecule has 0 aromatic heterocycles. The van der Waals surface area contributed by atoms with Crippen LogP contribution in [-0.4, -0.2) is 17.0 Å². The Morgan fingerprint density at radius 2 is 1.63 bits per heavy atom. The van der Waals surface area contributed by atoms with Gasteiger partial charge >= 0.3 is 5.97 Å². The molecule has 4 nitrogen and oxygen atoms in total. The molecule has 0 bridgehead atoms. The average Bonchev–Trinajstić information content (AvgIpc) is 2.41. The Morgan fingerprint density at radius 1 is 1.00 bits per heavy atom. The summed E-state index contributed by atoms with van der Waals surface area (Å²) in [6, 6.07) is 13.0. The lowest BCUT2D eigenvalue weighted by Gasteiger charge is -2.06. The van der Waals surface area contributed by atoms with E-state index >= 15 is 0 Å². The van der Waals surface area contributed by atoms with Crippen molar-refractivity contribution in [3.8, 4) is 0 Å². The number of rotatable bonds is 3. The lowest BCUT2D eigenvalue weighted by Crippen LogP contribution is -2.12. The molecule has 0 saturated carbocycles. The van der Waals surface area contributed by atoms with Gasteiger partial charge in [0.25, 0.3) is 5.91 Å². The highest BCUT2D eigenvalue weighted by atomic mass is 79.9. The van der Waals surface area contributed by atoms with Gasteiger partial charge in [0.2, 0.25) is 0 Å². The Hall–Kier alpha value is -2.14. The fourth-order valence-corrected chi connectivity index (χ4v) is 1.79. The number of benzene rings is 2. The Bertz CT molecular complexity index is 623. The first-order valence-corrected chi connectivity index (χ1v) is 6.26. The summed E-state index contributed by atoms with van der Waals surface area (Å²) in [4.78, 5) is 22.8. The minimum absolute atomic E-state index is 0.0865. The van der Waals surface area contributed by atoms with Gasteiger partial charge in [0.15, 0.2) is 0 Å². The van der Waals surface area contributed by atoms with E-state index in [9.17, 15) is 9.59 Å². The lowest BCUT2D eigenvalue weighted by molar-refractivity contribution is 0.0697. The van der Waals surface area contributed by atoms with E-state index in [1.165, 1.54) is 12.1 Å². The topological polar surface area (TPSA) is 66.4 Å². The molecular weight excluding hydrogens is 310 g/mol. The van der Waals surface area contributed by atoms with Crippen molar-refractivity contribution in [1.82, 2.24) is 0 Å². The van der Waals surface area contributed by atoms with Crippen LogP contribution in [0.25, 0.3) is 0 Å². The van der Waals surface area contributed by atoms with Gasteiger partial charge in [-0.15, -0.1) is 0 Å². The molecule has 2 aromatic carbocycles. The zero-order valence-electron chi connectivity index (χ0n) is 9.76. The summed E-state index contributed by atoms with van der Waals surface area (Å²) < 4.78 is 0.915. The third-order valence-corrected chi connectivity index (χ3v) is 3.00. The standard InChI is InChI=1S/C14H10BrNO3/c15-11-4-6-12(7-5-11)16-13(17)9-2-1-3-10(8-9)14(18)19/h1-8H,(H,16,17)(H,18,19). The largest absolute Gasteiger partial charge is 0.478 e. The van der Waals surface area contributed by atoms with Crippen LogP contribution in [0.3, 0.4) is 0 Å². The Kier molecular flexibility index (Phi) is 3.97. The molecule has 0 unspecified atom stereocenters. The zero-order valence-corrected chi connectivity index (χ0v) is 11.3. The van der Waals surface area contributed by atoms with E-state index in [1.807, 2.05) is 12.1 Å². The third kappa shape index (κ3) is 3.42. The highest BCUT2D eigenvalue weighted by molar-refractivity contribution is 9.10. The minimum Gasteiger partial charge on any atom is -0.478 e. The van der Waals surface area contributed by atoms with Crippen molar-refractivity contribution in [1.29, 1.82) is 0 Å². The van der Waals surface area contributed by atoms with Crippen molar-refractivity contribution in [3.05, 3.63) is 64.1 Å². The van der Waals surface area contributed by atoms with Gasteiger partial charge in [0.1, 0.15) is 0 Å². The molecule has 0 spiro atoms. The molecule has 1 amide bonds. The molecule has 2 aromatic rings. The fraction of sp³-hybridized carbons (Fsp3) is 0. The van der Waals surface area contributed by atoms with E-state index in [1.54, 1.807) is 24.3 Å². The molecule has 19 heavy (non-hydrogen) atoms. The summed E-state index contributed by atoms with van der Waals surface area (Å²) in [5.41, 5.74) is 1.04. The van der Waals surface area contributed by atoms with E-state index in [0.29, 0.717) is 11.3 Å². The summed E-state index contributed by atoms with van der Waals surface area (Å²) in [5.74, 6) is -1.40. The molecule has 0 saturated heterocycles. The Labute approximate surface area is 118 Å². The normalized spacial score (nSPS) is 9.95. The first-order valence-electron chi connectivity index (χ1n) is 5.46. The summed E-state index contributed by atoms with van der Waals surface area (Å²) >= 11 is 3.30. The van der Waals surface area contributed by atoms with E-state index in [2.05, 4.69) is 21.2 Å². The fourth-order valence-electron chi connectivity index (χ4n) is 1.53. The molecule has 96 valence electrons. The first kappa shape index (κ1) is 13.3. The number of anilines is 1. The predicted molar refractivity (Wildman–Crippen MR) is 75.5 cm³/mol. The van der Waals surface area contributed by atoms with Crippen LogP contribution in [0.4, 0.5) is 5.69 Å². The number of carbonyl (C=O) groups is 2. The molecule has 0 aliphatic rings. The van der Waals surface area contributed by atoms with E-state index in [-0.39, 0.29) is 11.5 Å². The number of nitrogens with one attached hydrogen (secondary N) is 1. The van der Waals surface area contributed by atoms with Crippen molar-refractivity contribution in [2.75, 3.05) is 5.32 Å². The molecule has 5 heteroatoms. The number of carboxylic acid groups (broad SMARTS) is 1. The molecule has 2 N–H and O–H groups in total. The number of carbonyl (C=O) groups excluding carboxylic acids is 1. The number of amides is 1. The van der Waals surface area contributed by atoms with Gasteiger partial charge in [0.05, 0.1) is 5.56 Å². The van der Waals surface area contributed by atoms with Gasteiger partial charge in [-0.25, -0.2) is 4.79 Å². The van der Waals surface area contributed by atoms with Gasteiger partial charge < -0.3 is 10.4 Å². The highest BCUT2D eigenvalue weighted by Gasteiger charge is 2.09. The highest BCUT2D eigenvalue weighted by Crippen LogP contribution is 2.15. The Balaban J connectivity index is 2.18. The van der Waals surface area contributed by atoms with Crippen LogP contribution in [0.15, 0.2) is 53.0 Å². The van der Waals surface area contributed by atoms with Crippen LogP contribution in [0.2, 0.25) is 0 Å². The van der Waals surface area contributed by atoms with Crippen LogP contribution < -0.4 is 5.32 Å². The van der Waals surface area contributed by atoms with Gasteiger partial charge in [-0.2, -0.15) is 0 Å². The van der Waals surface area contributed by atoms with Crippen LogP contribution in [0.5, 0.6) is 0 Å². The molecule has 0 aliphatic carbocycles. The van der Waals surface area contributed by atoms with Gasteiger partial charge in [0, 0.05) is 15.7 Å². The van der Waals surface area contributed by atoms with Crippen molar-refractivity contribution in [2.45, 2.75) is 0 Å². The van der Waals surface area contributed by atoms with Crippen LogP contribution in [0, 0.1) is 0 Å². The Morgan fingerprint density at radius 3 is 2.26 bits per heavy atom. The average molecular weight is 320 g/mol. The minimum atomic E-state index is -1.06. The number of hydrogen-bond donors (Lipinski definition) is 2. The van der Waals surface area contributed by atoms with Crippen LogP contribution in [0.1, 0.15) is 20.7 Å². The third-order valence-electron chi connectivity index (χ3n) is 2.47. The van der Waals surface area contributed by atoms with Crippen LogP contribution in [-0.2, 0) is 0 Å². The molecule has 0 radical (unpaired) electrons. The van der Waals surface area contributed by atoms with Crippen LogP contribution >= 0.6 is 15.9 Å². The zero-order chi connectivity index (χ0) is 13.8. The van der Waals surface area contributed by atoms with E-state index in [0.717, 1.165) is 4.47 Å². The number of carboxylic acids is 1. The molecule has 0 heterocycles. The second kappa shape index (κ2) is 5.67. The van der Waals surface area contributed by atoms with Crippen molar-refractivity contribution in [3.63, 3.8) is 0 Å². The summed E-state index contributed by atoms with van der Waals surface area (Å²) in [6.07, 6.45) is 0. The van der Waals surface area contributed by atoms with Gasteiger partial charge in [-0.1, -0.05) is 22.0 Å². The quantitative estimate of drug-likeness (QED) is 0.911. The number of hydrogen-bond acceptors (Lipinski definition) is 2. The molecular formula is C14H10BrNO3. The summed E-state index contributed by atoms with van der Waals surface area (Å²) in [5, 5.41) is 11.6. The first-order chi connectivity index (χ1) is 9.06. The second-order valence-electron chi connectivity index (χ2n) is 3.85. The number of halogens is 1. The van der Waals surface area contributed by atoms with Crippen molar-refractivity contribution >= 4 is 33.5 Å². The monoisotopic (exact) mass is 319 g/mol. The van der Waals surface area contributed by atoms with Crippen molar-refractivity contribution in [2.24, 2.45) is 0 Å². The van der Waals surface area contributed by atoms with E-state index in [4.69, 9.17) is 5.11 Å². The lowest BCUT2D eigenvalue weighted by atomic mass is 10.1. The van der Waals surface area contributed by atoms with Crippen molar-refractivity contribution < 1.29 is 14.7 Å². The molecule has 0 fully saturated rings. The summed E-state index contributed by atoms with van der Waals surface area (Å²) in [7, 11) is 0. The predicted octanol–water partition coefficient (Wildman–Crippen LogP) is 3.40. The number of aromatic carboxylic acids is 1. The maximum Gasteiger partial charge on any atom is 0.335 e. The molecule has 2 rings (SSSR count). The molecule has 0 aliphatic heterocycles. The molecule has 0 atom stereocenters. The van der Waals surface area contributed by atoms with Gasteiger partial charge in [-0.3, -0.25) is 4.79 Å². The maximum absolute atomic E-state index is 12.0. The smallest absolute Gasteiger partial charge is 0.335 e. The summed E-state index contributed by atoms with van der Waals surface area (Å²) in [6.45, 7) is 0. The van der Waals surface area contributed by atoms with Gasteiger partial charge in [-0.05, 0) is 42.5 Å². The maximum atomic E-state index is 12.0.